The van der Waals surface area contributed by atoms with Crippen LogP contribution in [0.2, 0.25) is 0 Å². The van der Waals surface area contributed by atoms with Crippen LogP contribution >= 0.6 is 0 Å². The Hall–Kier alpha value is -3.13. The van der Waals surface area contributed by atoms with E-state index in [-0.39, 0.29) is 23.5 Å². The van der Waals surface area contributed by atoms with Crippen LogP contribution in [-0.4, -0.2) is 64.8 Å². The summed E-state index contributed by atoms with van der Waals surface area (Å²) in [6.07, 6.45) is -0.808. The molecular formula is C26H33FN2O5. The second kappa shape index (κ2) is 10.4. The predicted octanol–water partition coefficient (Wildman–Crippen LogP) is 4.89. The van der Waals surface area contributed by atoms with Crippen LogP contribution in [-0.2, 0) is 4.74 Å². The number of nitrogens with zero attached hydrogens (tertiary/aromatic N) is 2. The molecule has 1 amide bonds. The molecule has 2 atom stereocenters. The van der Waals surface area contributed by atoms with E-state index in [4.69, 9.17) is 14.6 Å². The number of aromatic carboxylic acids is 1. The fraction of sp³-hybridized carbons (Fsp3) is 0.462. The van der Waals surface area contributed by atoms with E-state index < -0.39 is 17.7 Å². The number of piperazine rings is 1. The number of ether oxygens (including phenoxy) is 2. The van der Waals surface area contributed by atoms with Gasteiger partial charge in [-0.15, -0.1) is 0 Å². The predicted molar refractivity (Wildman–Crippen MR) is 127 cm³/mol. The van der Waals surface area contributed by atoms with Gasteiger partial charge in [-0.05, 0) is 76.1 Å². The molecule has 184 valence electrons. The molecule has 1 heterocycles. The van der Waals surface area contributed by atoms with Crippen LogP contribution in [0.4, 0.5) is 9.18 Å². The van der Waals surface area contributed by atoms with Crippen molar-refractivity contribution in [2.24, 2.45) is 0 Å². The second-order valence-corrected chi connectivity index (χ2v) is 9.73. The zero-order chi connectivity index (χ0) is 25.0. The van der Waals surface area contributed by atoms with Crippen molar-refractivity contribution < 1.29 is 28.6 Å². The van der Waals surface area contributed by atoms with Crippen LogP contribution < -0.4 is 4.74 Å². The van der Waals surface area contributed by atoms with Crippen LogP contribution in [0.25, 0.3) is 0 Å². The topological polar surface area (TPSA) is 79.3 Å². The summed E-state index contributed by atoms with van der Waals surface area (Å²) in [6.45, 7) is 11.4. The van der Waals surface area contributed by atoms with E-state index in [1.54, 1.807) is 30.0 Å². The minimum Gasteiger partial charge on any atom is -0.484 e. The van der Waals surface area contributed by atoms with Gasteiger partial charge in [0.05, 0.1) is 5.56 Å². The van der Waals surface area contributed by atoms with E-state index in [1.807, 2.05) is 33.8 Å². The molecule has 1 aliphatic rings. The monoisotopic (exact) mass is 472 g/mol. The lowest BCUT2D eigenvalue weighted by atomic mass is 10.0. The number of carboxylic acid groups (broad SMARTS) is 1. The highest BCUT2D eigenvalue weighted by atomic mass is 19.1. The summed E-state index contributed by atoms with van der Waals surface area (Å²) in [7, 11) is 0. The molecule has 0 aliphatic carbocycles. The van der Waals surface area contributed by atoms with Gasteiger partial charge in [0, 0.05) is 32.2 Å². The van der Waals surface area contributed by atoms with Crippen molar-refractivity contribution in [2.75, 3.05) is 26.2 Å². The normalized spacial score (nSPS) is 17.8. The van der Waals surface area contributed by atoms with Crippen molar-refractivity contribution in [1.82, 2.24) is 9.80 Å². The Morgan fingerprint density at radius 1 is 1.15 bits per heavy atom. The summed E-state index contributed by atoms with van der Waals surface area (Å²) in [5.74, 6) is -0.826. The first kappa shape index (κ1) is 25.5. The lowest BCUT2D eigenvalue weighted by Gasteiger charge is -2.41. The highest BCUT2D eigenvalue weighted by molar-refractivity contribution is 5.87. The van der Waals surface area contributed by atoms with Crippen LogP contribution in [0.1, 0.15) is 55.3 Å². The lowest BCUT2D eigenvalue weighted by Crippen LogP contribution is -2.55. The molecular weight excluding hydrogens is 439 g/mol. The summed E-state index contributed by atoms with van der Waals surface area (Å²) < 4.78 is 26.1. The zero-order valence-corrected chi connectivity index (χ0v) is 20.4. The minimum absolute atomic E-state index is 0.0612. The minimum atomic E-state index is -1.01. The smallest absolute Gasteiger partial charge is 0.410 e. The molecule has 8 heteroatoms. The molecule has 2 aromatic rings. The number of amides is 1. The summed E-state index contributed by atoms with van der Waals surface area (Å²) >= 11 is 0. The van der Waals surface area contributed by atoms with Gasteiger partial charge >= 0.3 is 12.1 Å². The van der Waals surface area contributed by atoms with Crippen molar-refractivity contribution in [3.63, 3.8) is 0 Å². The van der Waals surface area contributed by atoms with Crippen molar-refractivity contribution in [3.8, 4) is 5.75 Å². The number of aryl methyl sites for hydroxylation is 1. The molecule has 1 N–H and O–H groups in total. The van der Waals surface area contributed by atoms with E-state index in [9.17, 15) is 14.0 Å². The highest BCUT2D eigenvalue weighted by Crippen LogP contribution is 2.26. The number of halogens is 1. The first-order valence-electron chi connectivity index (χ1n) is 11.4. The maximum atomic E-state index is 14.3. The first-order chi connectivity index (χ1) is 15.9. The SMILES string of the molecule is Cc1ccc(C(CN2CCN(C(=O)OC(C)(C)C)[C@H](C)C2)Oc2ccc(C(=O)O)cc2)cc1F. The number of hydrogen-bond donors (Lipinski definition) is 1. The van der Waals surface area contributed by atoms with Gasteiger partial charge in [-0.2, -0.15) is 0 Å². The molecule has 1 saturated heterocycles. The Balaban J connectivity index is 1.74. The van der Waals surface area contributed by atoms with Gasteiger partial charge in [-0.1, -0.05) is 12.1 Å². The fourth-order valence-electron chi connectivity index (χ4n) is 3.89. The number of rotatable bonds is 6. The highest BCUT2D eigenvalue weighted by Gasteiger charge is 2.32. The average Bonchev–Trinajstić information content (AvgIpc) is 2.74. The van der Waals surface area contributed by atoms with Gasteiger partial charge < -0.3 is 19.5 Å². The molecule has 1 fully saturated rings. The van der Waals surface area contributed by atoms with Gasteiger partial charge in [-0.3, -0.25) is 4.90 Å². The molecule has 0 bridgehead atoms. The number of hydrogen-bond acceptors (Lipinski definition) is 5. The number of carbonyl (C=O) groups is 2. The molecule has 0 saturated carbocycles. The zero-order valence-electron chi connectivity index (χ0n) is 20.4. The van der Waals surface area contributed by atoms with E-state index in [0.29, 0.717) is 43.1 Å². The van der Waals surface area contributed by atoms with Crippen LogP contribution in [0.3, 0.4) is 0 Å². The Labute approximate surface area is 200 Å². The lowest BCUT2D eigenvalue weighted by molar-refractivity contribution is -0.00300. The number of carbonyl (C=O) groups excluding carboxylic acids is 1. The van der Waals surface area contributed by atoms with E-state index in [1.165, 1.54) is 18.2 Å². The van der Waals surface area contributed by atoms with E-state index in [2.05, 4.69) is 4.90 Å². The van der Waals surface area contributed by atoms with Crippen LogP contribution in [0.5, 0.6) is 5.75 Å². The van der Waals surface area contributed by atoms with Crippen LogP contribution in [0.15, 0.2) is 42.5 Å². The average molecular weight is 473 g/mol. The number of carboxylic acids is 1. The van der Waals surface area contributed by atoms with Gasteiger partial charge in [0.1, 0.15) is 23.3 Å². The molecule has 0 radical (unpaired) electrons. The van der Waals surface area contributed by atoms with Crippen molar-refractivity contribution in [3.05, 3.63) is 65.0 Å². The summed E-state index contributed by atoms with van der Waals surface area (Å²) in [5.41, 5.74) is 0.844. The standard InChI is InChI=1S/C26H33FN2O5/c1-17-6-7-20(14-22(17)27)23(33-21-10-8-19(9-11-21)24(30)31)16-28-12-13-29(18(2)15-28)25(32)34-26(3,4)5/h6-11,14,18,23H,12-13,15-16H2,1-5H3,(H,30,31)/t18-,23?/m1/s1. The molecule has 0 spiro atoms. The molecule has 7 nitrogen and oxygen atoms in total. The number of benzene rings is 2. The van der Waals surface area contributed by atoms with Crippen molar-refractivity contribution in [1.29, 1.82) is 0 Å². The largest absolute Gasteiger partial charge is 0.484 e. The summed E-state index contributed by atoms with van der Waals surface area (Å²) in [6, 6.07) is 11.1. The fourth-order valence-corrected chi connectivity index (χ4v) is 3.89. The molecule has 2 aromatic carbocycles. The third-order valence-electron chi connectivity index (χ3n) is 5.71. The Morgan fingerprint density at radius 2 is 1.82 bits per heavy atom. The van der Waals surface area contributed by atoms with Gasteiger partial charge in [0.15, 0.2) is 0 Å². The van der Waals surface area contributed by atoms with Gasteiger partial charge in [0.25, 0.3) is 0 Å². The molecule has 1 aliphatic heterocycles. The molecule has 1 unspecified atom stereocenters. The maximum Gasteiger partial charge on any atom is 0.410 e. The molecule has 3 rings (SSSR count). The third kappa shape index (κ3) is 6.70. The van der Waals surface area contributed by atoms with Gasteiger partial charge in [0.2, 0.25) is 0 Å². The summed E-state index contributed by atoms with van der Waals surface area (Å²) in [5, 5.41) is 9.13. The molecule has 34 heavy (non-hydrogen) atoms. The first-order valence-corrected chi connectivity index (χ1v) is 11.4. The van der Waals surface area contributed by atoms with E-state index >= 15 is 0 Å². The Bertz CT molecular complexity index is 1020. The molecule has 0 aromatic heterocycles. The third-order valence-corrected chi connectivity index (χ3v) is 5.71. The Kier molecular flexibility index (Phi) is 7.82. The maximum absolute atomic E-state index is 14.3. The second-order valence-electron chi connectivity index (χ2n) is 9.73. The Morgan fingerprint density at radius 3 is 2.38 bits per heavy atom. The van der Waals surface area contributed by atoms with E-state index in [0.717, 1.165) is 0 Å². The van der Waals surface area contributed by atoms with Crippen molar-refractivity contribution >= 4 is 12.1 Å². The summed E-state index contributed by atoms with van der Waals surface area (Å²) in [4.78, 5) is 27.6. The quantitative estimate of drug-likeness (QED) is 0.645. The van der Waals surface area contributed by atoms with Crippen molar-refractivity contribution in [2.45, 2.75) is 52.4 Å². The van der Waals surface area contributed by atoms with Gasteiger partial charge in [-0.25, -0.2) is 14.0 Å². The van der Waals surface area contributed by atoms with Crippen LogP contribution in [0, 0.1) is 12.7 Å².